The van der Waals surface area contributed by atoms with Crippen molar-refractivity contribution in [3.8, 4) is 0 Å². The van der Waals surface area contributed by atoms with Crippen LogP contribution in [0.2, 0.25) is 0 Å². The number of anilines is 2. The predicted octanol–water partition coefficient (Wildman–Crippen LogP) is 4.94. The summed E-state index contributed by atoms with van der Waals surface area (Å²) in [6.45, 7) is 7.80. The Labute approximate surface area is 198 Å². The molecule has 186 valence electrons. The molecule has 2 aromatic rings. The molecule has 1 aliphatic rings. The first-order valence-corrected chi connectivity index (χ1v) is 12.6. The number of nitrogens with zero attached hydrogens (tertiary/aromatic N) is 5. The van der Waals surface area contributed by atoms with Gasteiger partial charge in [0, 0.05) is 18.3 Å². The number of aryl methyl sites for hydroxylation is 1. The number of hydrogen-bond donors (Lipinski definition) is 1. The van der Waals surface area contributed by atoms with Crippen molar-refractivity contribution in [1.29, 1.82) is 0 Å². The molecule has 1 aromatic carbocycles. The Kier molecular flexibility index (Phi) is 7.45. The number of esters is 1. The number of hydrogen-bond acceptors (Lipinski definition) is 10. The first kappa shape index (κ1) is 25.8. The van der Waals surface area contributed by atoms with E-state index in [9.17, 15) is 26.4 Å². The quantitative estimate of drug-likeness (QED) is 0.405. The van der Waals surface area contributed by atoms with Crippen LogP contribution >= 0.6 is 11.3 Å². The summed E-state index contributed by atoms with van der Waals surface area (Å²) in [6, 6.07) is 2.95. The van der Waals surface area contributed by atoms with Crippen LogP contribution in [0.3, 0.4) is 0 Å². The third-order valence-corrected chi connectivity index (χ3v) is 6.82. The summed E-state index contributed by atoms with van der Waals surface area (Å²) in [5.41, 5.74) is -4.60. The zero-order chi connectivity index (χ0) is 25.3. The third kappa shape index (κ3) is 5.63. The maximum Gasteiger partial charge on any atom is 0.516 e. The van der Waals surface area contributed by atoms with Crippen molar-refractivity contribution in [3.63, 3.8) is 0 Å². The van der Waals surface area contributed by atoms with Crippen LogP contribution in [0.4, 0.5) is 35.4 Å². The van der Waals surface area contributed by atoms with Gasteiger partial charge in [-0.2, -0.15) is 21.6 Å². The molecule has 34 heavy (non-hydrogen) atoms. The average molecular weight is 521 g/mol. The molecule has 10 nitrogen and oxygen atoms in total. The fourth-order valence-electron chi connectivity index (χ4n) is 3.39. The number of carbonyl (C=O) groups is 1. The van der Waals surface area contributed by atoms with Gasteiger partial charge in [0.25, 0.3) is 5.13 Å². The van der Waals surface area contributed by atoms with Crippen LogP contribution in [-0.4, -0.2) is 48.8 Å². The van der Waals surface area contributed by atoms with Crippen LogP contribution in [0.25, 0.3) is 0 Å². The Morgan fingerprint density at radius 3 is 2.65 bits per heavy atom. The van der Waals surface area contributed by atoms with Gasteiger partial charge in [-0.25, -0.2) is 4.79 Å². The van der Waals surface area contributed by atoms with Gasteiger partial charge in [0.05, 0.1) is 11.8 Å². The molecule has 15 heteroatoms. The molecule has 1 aliphatic heterocycles. The van der Waals surface area contributed by atoms with Crippen LogP contribution in [0.5, 0.6) is 0 Å². The van der Waals surface area contributed by atoms with Crippen LogP contribution in [0.1, 0.15) is 49.5 Å². The molecule has 1 unspecified atom stereocenters. The second-order valence-corrected chi connectivity index (χ2v) is 10.4. The van der Waals surface area contributed by atoms with Gasteiger partial charge in [0.2, 0.25) is 5.01 Å². The zero-order valence-electron chi connectivity index (χ0n) is 18.8. The molecular weight excluding hydrogens is 497 g/mol. The Morgan fingerprint density at radius 2 is 2.03 bits per heavy atom. The Bertz CT molecular complexity index is 1200. The number of alkyl halides is 3. The standard InChI is InChI=1S/C19H23F3N6O4S2/c1-5-28-11(4)6-7-12-8-13(14(9-15(12)28)27-34(30,31)19(20,21)22)23-25-18-26-24-16(33-18)17(29)32-10(2)3/h8-11,27H,5-7H2,1-4H3. The summed E-state index contributed by atoms with van der Waals surface area (Å²) in [7, 11) is -5.70. The lowest BCUT2D eigenvalue weighted by Crippen LogP contribution is -2.37. The smallest absolute Gasteiger partial charge is 0.458 e. The highest BCUT2D eigenvalue weighted by atomic mass is 32.2. The van der Waals surface area contributed by atoms with Gasteiger partial charge in [-0.1, -0.05) is 11.3 Å². The van der Waals surface area contributed by atoms with Gasteiger partial charge >= 0.3 is 21.5 Å². The molecule has 0 bridgehead atoms. The lowest BCUT2D eigenvalue weighted by atomic mass is 9.95. The van der Waals surface area contributed by atoms with Gasteiger partial charge in [-0.3, -0.25) is 4.72 Å². The molecular formula is C19H23F3N6O4S2. The minimum atomic E-state index is -5.70. The number of fused-ring (bicyclic) bond motifs is 1. The summed E-state index contributed by atoms with van der Waals surface area (Å²) in [6.07, 6.45) is 1.07. The molecule has 0 saturated carbocycles. The number of rotatable bonds is 7. The van der Waals surface area contributed by atoms with E-state index in [-0.39, 0.29) is 33.7 Å². The van der Waals surface area contributed by atoms with Gasteiger partial charge in [0.1, 0.15) is 5.69 Å². The maximum atomic E-state index is 13.0. The van der Waals surface area contributed by atoms with Crippen molar-refractivity contribution in [2.24, 2.45) is 10.2 Å². The molecule has 0 amide bonds. The van der Waals surface area contributed by atoms with Gasteiger partial charge < -0.3 is 9.64 Å². The molecule has 0 aliphatic carbocycles. The molecule has 0 spiro atoms. The lowest BCUT2D eigenvalue weighted by molar-refractivity contribution is -0.0429. The molecule has 1 N–H and O–H groups in total. The maximum absolute atomic E-state index is 13.0. The Morgan fingerprint density at radius 1 is 1.32 bits per heavy atom. The van der Waals surface area contributed by atoms with E-state index < -0.39 is 21.5 Å². The molecule has 0 fully saturated rings. The van der Waals surface area contributed by atoms with Crippen molar-refractivity contribution >= 4 is 49.5 Å². The van der Waals surface area contributed by atoms with Crippen LogP contribution in [-0.2, 0) is 21.2 Å². The second-order valence-electron chi connectivity index (χ2n) is 7.77. The van der Waals surface area contributed by atoms with Crippen LogP contribution < -0.4 is 9.62 Å². The molecule has 3 rings (SSSR count). The Hall–Kier alpha value is -2.81. The molecule has 0 saturated heterocycles. The number of sulfonamides is 1. The first-order chi connectivity index (χ1) is 15.8. The second kappa shape index (κ2) is 9.82. The number of aromatic nitrogens is 2. The largest absolute Gasteiger partial charge is 0.516 e. The number of azo groups is 1. The van der Waals surface area contributed by atoms with Crippen molar-refractivity contribution in [3.05, 3.63) is 22.7 Å². The number of nitrogens with one attached hydrogen (secondary N) is 1. The van der Waals surface area contributed by atoms with Crippen molar-refractivity contribution < 1.29 is 31.1 Å². The number of benzene rings is 1. The van der Waals surface area contributed by atoms with Gasteiger partial charge in [-0.05, 0) is 58.2 Å². The predicted molar refractivity (Wildman–Crippen MR) is 120 cm³/mol. The van der Waals surface area contributed by atoms with E-state index in [4.69, 9.17) is 4.74 Å². The topological polar surface area (TPSA) is 126 Å². The van der Waals surface area contributed by atoms with Gasteiger partial charge in [0.15, 0.2) is 0 Å². The van der Waals surface area contributed by atoms with E-state index in [1.165, 1.54) is 12.1 Å². The zero-order valence-corrected chi connectivity index (χ0v) is 20.4. The molecule has 0 radical (unpaired) electrons. The van der Waals surface area contributed by atoms with Crippen LogP contribution in [0.15, 0.2) is 22.4 Å². The molecule has 2 heterocycles. The SMILES string of the molecule is CCN1c2cc(NS(=O)(=O)C(F)(F)F)c(N=Nc3nnc(C(=O)OC(C)C)s3)cc2CCC1C. The fraction of sp³-hybridized carbons (Fsp3) is 0.526. The van der Waals surface area contributed by atoms with Crippen molar-refractivity contribution in [2.75, 3.05) is 16.2 Å². The average Bonchev–Trinajstić information content (AvgIpc) is 3.20. The monoisotopic (exact) mass is 520 g/mol. The number of carbonyl (C=O) groups excluding carboxylic acids is 1. The number of ether oxygens (including phenoxy) is 1. The summed E-state index contributed by atoms with van der Waals surface area (Å²) in [4.78, 5) is 13.9. The summed E-state index contributed by atoms with van der Waals surface area (Å²) in [5.74, 6) is -0.699. The first-order valence-electron chi connectivity index (χ1n) is 10.3. The van der Waals surface area contributed by atoms with E-state index in [2.05, 4.69) is 20.4 Å². The van der Waals surface area contributed by atoms with Crippen molar-refractivity contribution in [2.45, 2.75) is 58.2 Å². The highest BCUT2D eigenvalue weighted by Gasteiger charge is 2.46. The molecule has 1 aromatic heterocycles. The molecule has 1 atom stereocenters. The summed E-state index contributed by atoms with van der Waals surface area (Å²) >= 11 is 0.774. The van der Waals surface area contributed by atoms with E-state index in [0.29, 0.717) is 18.7 Å². The van der Waals surface area contributed by atoms with E-state index in [1.807, 2.05) is 18.7 Å². The lowest BCUT2D eigenvalue weighted by Gasteiger charge is -2.36. The Balaban J connectivity index is 2.01. The number of halogens is 3. The minimum Gasteiger partial charge on any atom is -0.458 e. The van der Waals surface area contributed by atoms with Gasteiger partial charge in [-0.15, -0.1) is 20.4 Å². The van der Waals surface area contributed by atoms with Crippen LogP contribution in [0, 0.1) is 0 Å². The normalized spacial score (nSPS) is 16.7. The van der Waals surface area contributed by atoms with Crippen molar-refractivity contribution in [1.82, 2.24) is 10.2 Å². The third-order valence-electron chi connectivity index (χ3n) is 4.93. The summed E-state index contributed by atoms with van der Waals surface area (Å²) < 4.78 is 69.3. The highest BCUT2D eigenvalue weighted by molar-refractivity contribution is 7.93. The van der Waals surface area contributed by atoms with E-state index in [1.54, 1.807) is 18.6 Å². The summed E-state index contributed by atoms with van der Waals surface area (Å²) in [5, 5.41) is 15.0. The minimum absolute atomic E-state index is 0.0538. The van der Waals surface area contributed by atoms with E-state index >= 15 is 0 Å². The highest BCUT2D eigenvalue weighted by Crippen LogP contribution is 2.40. The fourth-order valence-corrected chi connectivity index (χ4v) is 4.51. The van der Waals surface area contributed by atoms with E-state index in [0.717, 1.165) is 23.3 Å².